The van der Waals surface area contributed by atoms with Gasteiger partial charge in [-0.1, -0.05) is 23.5 Å². The molecule has 136 valence electrons. The fourth-order valence-electron chi connectivity index (χ4n) is 2.50. The Bertz CT molecular complexity index is 932. The molecule has 0 radical (unpaired) electrons. The molecular weight excluding hydrogens is 350 g/mol. The van der Waals surface area contributed by atoms with Crippen LogP contribution in [0, 0.1) is 20.8 Å². The van der Waals surface area contributed by atoms with E-state index in [-0.39, 0.29) is 5.91 Å². The first-order valence-electron chi connectivity index (χ1n) is 8.27. The molecule has 0 aliphatic rings. The zero-order valence-electron chi connectivity index (χ0n) is 15.2. The number of benzene rings is 1. The number of amides is 1. The molecule has 0 bridgehead atoms. The molecule has 8 heteroatoms. The number of aromatic nitrogens is 4. The average Bonchev–Trinajstić information content (AvgIpc) is 3.16. The maximum absolute atomic E-state index is 12.3. The highest BCUT2D eigenvalue weighted by Crippen LogP contribution is 2.21. The quantitative estimate of drug-likeness (QED) is 0.720. The van der Waals surface area contributed by atoms with Gasteiger partial charge in [-0.05, 0) is 44.0 Å². The number of ether oxygens (including phenoxy) is 1. The van der Waals surface area contributed by atoms with Gasteiger partial charge in [-0.15, -0.1) is 10.2 Å². The monoisotopic (exact) mass is 371 g/mol. The highest BCUT2D eigenvalue weighted by atomic mass is 32.1. The van der Waals surface area contributed by atoms with Crippen molar-refractivity contribution in [3.8, 4) is 5.75 Å². The van der Waals surface area contributed by atoms with Gasteiger partial charge in [0.2, 0.25) is 5.13 Å². The Labute approximate surface area is 156 Å². The number of anilines is 1. The van der Waals surface area contributed by atoms with Gasteiger partial charge < -0.3 is 4.74 Å². The standard InChI is InChI=1S/C18H21N5O2S/c1-11-5-6-12(2)15(9-11)25-8-7-16-20-21-18(26-16)19-17(24)14-10-13(3)22-23(14)4/h5-6,9-10H,7-8H2,1-4H3,(H,19,21,24). The molecule has 1 N–H and O–H groups in total. The molecule has 3 rings (SSSR count). The van der Waals surface area contributed by atoms with E-state index in [9.17, 15) is 4.79 Å². The first kappa shape index (κ1) is 18.1. The summed E-state index contributed by atoms with van der Waals surface area (Å²) in [6.07, 6.45) is 0.631. The SMILES string of the molecule is Cc1ccc(C)c(OCCc2nnc(NC(=O)c3cc(C)nn3C)s2)c1. The lowest BCUT2D eigenvalue weighted by Gasteiger charge is -2.08. The van der Waals surface area contributed by atoms with Gasteiger partial charge in [0.1, 0.15) is 16.5 Å². The van der Waals surface area contributed by atoms with E-state index in [0.717, 1.165) is 27.6 Å². The molecule has 0 unspecified atom stereocenters. The summed E-state index contributed by atoms with van der Waals surface area (Å²) in [4.78, 5) is 12.3. The molecule has 0 saturated carbocycles. The minimum Gasteiger partial charge on any atom is -0.493 e. The molecule has 0 aliphatic heterocycles. The second-order valence-corrected chi connectivity index (χ2v) is 7.18. The summed E-state index contributed by atoms with van der Waals surface area (Å²) in [5, 5.41) is 16.3. The van der Waals surface area contributed by atoms with Gasteiger partial charge in [-0.25, -0.2) is 0 Å². The van der Waals surface area contributed by atoms with Crippen LogP contribution >= 0.6 is 11.3 Å². The molecule has 0 aliphatic carbocycles. The third-order valence-electron chi connectivity index (χ3n) is 3.84. The topological polar surface area (TPSA) is 81.9 Å². The van der Waals surface area contributed by atoms with Gasteiger partial charge >= 0.3 is 0 Å². The lowest BCUT2D eigenvalue weighted by molar-refractivity contribution is 0.101. The fourth-order valence-corrected chi connectivity index (χ4v) is 3.22. The first-order chi connectivity index (χ1) is 12.4. The molecule has 0 fully saturated rings. The van der Waals surface area contributed by atoms with Crippen molar-refractivity contribution in [3.63, 3.8) is 0 Å². The zero-order chi connectivity index (χ0) is 18.7. The second kappa shape index (κ2) is 7.65. The number of rotatable bonds is 6. The van der Waals surface area contributed by atoms with Crippen molar-refractivity contribution in [2.45, 2.75) is 27.2 Å². The number of nitrogens with zero attached hydrogens (tertiary/aromatic N) is 4. The minimum absolute atomic E-state index is 0.248. The lowest BCUT2D eigenvalue weighted by Crippen LogP contribution is -2.15. The molecule has 7 nitrogen and oxygen atoms in total. The molecular formula is C18H21N5O2S. The van der Waals surface area contributed by atoms with Crippen molar-refractivity contribution >= 4 is 22.4 Å². The zero-order valence-corrected chi connectivity index (χ0v) is 16.1. The Hall–Kier alpha value is -2.74. The van der Waals surface area contributed by atoms with Crippen LogP contribution in [0.25, 0.3) is 0 Å². The van der Waals surface area contributed by atoms with Crippen molar-refractivity contribution in [1.29, 1.82) is 0 Å². The predicted molar refractivity (Wildman–Crippen MR) is 101 cm³/mol. The summed E-state index contributed by atoms with van der Waals surface area (Å²) < 4.78 is 7.39. The highest BCUT2D eigenvalue weighted by molar-refractivity contribution is 7.15. The minimum atomic E-state index is -0.248. The maximum atomic E-state index is 12.3. The van der Waals surface area contributed by atoms with Crippen molar-refractivity contribution in [2.24, 2.45) is 7.05 Å². The smallest absolute Gasteiger partial charge is 0.275 e. The third-order valence-corrected chi connectivity index (χ3v) is 4.74. The van der Waals surface area contributed by atoms with Gasteiger partial charge in [-0.2, -0.15) is 5.10 Å². The van der Waals surface area contributed by atoms with E-state index >= 15 is 0 Å². The second-order valence-electron chi connectivity index (χ2n) is 6.12. The highest BCUT2D eigenvalue weighted by Gasteiger charge is 2.14. The summed E-state index contributed by atoms with van der Waals surface area (Å²) in [5.41, 5.74) is 3.54. The normalized spacial score (nSPS) is 10.8. The number of hydrogen-bond acceptors (Lipinski definition) is 6. The van der Waals surface area contributed by atoms with Crippen LogP contribution in [-0.2, 0) is 13.5 Å². The van der Waals surface area contributed by atoms with Crippen molar-refractivity contribution in [2.75, 3.05) is 11.9 Å². The van der Waals surface area contributed by atoms with E-state index in [1.165, 1.54) is 11.3 Å². The molecule has 1 amide bonds. The summed E-state index contributed by atoms with van der Waals surface area (Å²) in [6, 6.07) is 7.86. The van der Waals surface area contributed by atoms with E-state index in [1.54, 1.807) is 17.8 Å². The van der Waals surface area contributed by atoms with Gasteiger partial charge in [0.25, 0.3) is 5.91 Å². The number of carbonyl (C=O) groups excluding carboxylic acids is 1. The Morgan fingerprint density at radius 3 is 2.77 bits per heavy atom. The molecule has 26 heavy (non-hydrogen) atoms. The van der Waals surface area contributed by atoms with Crippen LogP contribution in [0.15, 0.2) is 24.3 Å². The van der Waals surface area contributed by atoms with Crippen LogP contribution < -0.4 is 10.1 Å². The maximum Gasteiger partial charge on any atom is 0.275 e. The molecule has 0 spiro atoms. The molecule has 2 heterocycles. The molecule has 3 aromatic rings. The van der Waals surface area contributed by atoms with Gasteiger partial charge in [0, 0.05) is 13.5 Å². The molecule has 0 saturated heterocycles. The Kier molecular flexibility index (Phi) is 5.32. The third kappa shape index (κ3) is 4.26. The Balaban J connectivity index is 1.55. The van der Waals surface area contributed by atoms with E-state index in [0.29, 0.717) is 23.9 Å². The number of nitrogens with one attached hydrogen (secondary N) is 1. The Morgan fingerprint density at radius 1 is 1.23 bits per heavy atom. The number of aryl methyl sites for hydroxylation is 4. The lowest BCUT2D eigenvalue weighted by atomic mass is 10.1. The number of hydrogen-bond donors (Lipinski definition) is 1. The van der Waals surface area contributed by atoms with Gasteiger partial charge in [-0.3, -0.25) is 14.8 Å². The average molecular weight is 371 g/mol. The van der Waals surface area contributed by atoms with Crippen molar-refractivity contribution < 1.29 is 9.53 Å². The predicted octanol–water partition coefficient (Wildman–Crippen LogP) is 3.07. The Morgan fingerprint density at radius 2 is 2.04 bits per heavy atom. The largest absolute Gasteiger partial charge is 0.493 e. The molecule has 2 aromatic heterocycles. The summed E-state index contributed by atoms with van der Waals surface area (Å²) in [6.45, 7) is 6.41. The summed E-state index contributed by atoms with van der Waals surface area (Å²) in [7, 11) is 1.73. The summed E-state index contributed by atoms with van der Waals surface area (Å²) >= 11 is 1.35. The van der Waals surface area contributed by atoms with Crippen LogP contribution in [0.1, 0.15) is 32.3 Å². The van der Waals surface area contributed by atoms with Crippen LogP contribution in [0.3, 0.4) is 0 Å². The van der Waals surface area contributed by atoms with E-state index in [4.69, 9.17) is 4.74 Å². The van der Waals surface area contributed by atoms with Crippen molar-refractivity contribution in [3.05, 3.63) is 51.8 Å². The van der Waals surface area contributed by atoms with E-state index in [1.807, 2.05) is 32.9 Å². The van der Waals surface area contributed by atoms with Crippen molar-refractivity contribution in [1.82, 2.24) is 20.0 Å². The van der Waals surface area contributed by atoms with Crippen LogP contribution in [-0.4, -0.2) is 32.5 Å². The number of carbonyl (C=O) groups is 1. The van der Waals surface area contributed by atoms with E-state index < -0.39 is 0 Å². The van der Waals surface area contributed by atoms with Crippen LogP contribution in [0.5, 0.6) is 5.75 Å². The van der Waals surface area contributed by atoms with Gasteiger partial charge in [0.05, 0.1) is 12.3 Å². The van der Waals surface area contributed by atoms with Crippen LogP contribution in [0.2, 0.25) is 0 Å². The fraction of sp³-hybridized carbons (Fsp3) is 0.333. The first-order valence-corrected chi connectivity index (χ1v) is 9.08. The van der Waals surface area contributed by atoms with Crippen LogP contribution in [0.4, 0.5) is 5.13 Å². The summed E-state index contributed by atoms with van der Waals surface area (Å²) in [5.74, 6) is 0.636. The van der Waals surface area contributed by atoms with E-state index in [2.05, 4.69) is 26.7 Å². The molecule has 0 atom stereocenters. The molecule has 1 aromatic carbocycles. The van der Waals surface area contributed by atoms with Gasteiger partial charge in [0.15, 0.2) is 0 Å².